The summed E-state index contributed by atoms with van der Waals surface area (Å²) in [5.41, 5.74) is 2.85. The number of urea groups is 1. The van der Waals surface area contributed by atoms with Gasteiger partial charge in [-0.15, -0.1) is 0 Å². The van der Waals surface area contributed by atoms with Gasteiger partial charge in [0.05, 0.1) is 0 Å². The Labute approximate surface area is 142 Å². The van der Waals surface area contributed by atoms with E-state index >= 15 is 0 Å². The molecule has 0 fully saturated rings. The number of hydrogen-bond donors (Lipinski definition) is 2. The van der Waals surface area contributed by atoms with E-state index in [0.717, 1.165) is 18.5 Å². The van der Waals surface area contributed by atoms with Crippen molar-refractivity contribution in [1.29, 1.82) is 0 Å². The van der Waals surface area contributed by atoms with Crippen molar-refractivity contribution in [3.05, 3.63) is 59.1 Å². The molecule has 0 saturated carbocycles. The van der Waals surface area contributed by atoms with Gasteiger partial charge in [0.15, 0.2) is 0 Å². The molecule has 0 bridgehead atoms. The van der Waals surface area contributed by atoms with E-state index in [1.165, 1.54) is 5.69 Å². The van der Waals surface area contributed by atoms with E-state index in [0.29, 0.717) is 17.3 Å². The number of hydrogen-bond acceptors (Lipinski definition) is 2. The molecule has 2 rings (SSSR count). The topological polar surface area (TPSA) is 44.4 Å². The maximum Gasteiger partial charge on any atom is 0.319 e. The lowest BCUT2D eigenvalue weighted by Gasteiger charge is -2.19. The largest absolute Gasteiger partial charge is 0.375 e. The minimum absolute atomic E-state index is 0.215. The molecule has 2 amide bonds. The van der Waals surface area contributed by atoms with E-state index < -0.39 is 0 Å². The van der Waals surface area contributed by atoms with Gasteiger partial charge in [-0.3, -0.25) is 0 Å². The van der Waals surface area contributed by atoms with Crippen LogP contribution in [0.1, 0.15) is 12.0 Å². The standard InChI is InChI=1S/C18H22ClN3O/c1-14-9-10-15(13-17(14)19)21-18(23)20-11-6-12-22(2)16-7-4-3-5-8-16/h3-5,7-10,13H,6,11-12H2,1-2H3,(H2,20,21,23). The average Bonchev–Trinajstić information content (AvgIpc) is 2.55. The molecule has 0 radical (unpaired) electrons. The fourth-order valence-corrected chi connectivity index (χ4v) is 2.36. The molecule has 2 aromatic rings. The maximum absolute atomic E-state index is 11.8. The van der Waals surface area contributed by atoms with E-state index in [2.05, 4.69) is 27.7 Å². The predicted octanol–water partition coefficient (Wildman–Crippen LogP) is 4.30. The van der Waals surface area contributed by atoms with E-state index in [1.54, 1.807) is 6.07 Å². The number of carbonyl (C=O) groups excluding carboxylic acids is 1. The van der Waals surface area contributed by atoms with Crippen LogP contribution >= 0.6 is 11.6 Å². The Balaban J connectivity index is 1.69. The molecule has 0 aromatic heterocycles. The van der Waals surface area contributed by atoms with Crippen LogP contribution in [-0.2, 0) is 0 Å². The lowest BCUT2D eigenvalue weighted by atomic mass is 10.2. The van der Waals surface area contributed by atoms with Crippen LogP contribution in [0.3, 0.4) is 0 Å². The molecule has 0 spiro atoms. The molecule has 2 aromatic carbocycles. The third kappa shape index (κ3) is 5.49. The zero-order valence-electron chi connectivity index (χ0n) is 13.5. The highest BCUT2D eigenvalue weighted by Gasteiger charge is 2.04. The first-order chi connectivity index (χ1) is 11.1. The Bertz CT molecular complexity index is 646. The van der Waals surface area contributed by atoms with Crippen molar-refractivity contribution in [2.75, 3.05) is 30.4 Å². The van der Waals surface area contributed by atoms with E-state index in [4.69, 9.17) is 11.6 Å². The number of aryl methyl sites for hydroxylation is 1. The summed E-state index contributed by atoms with van der Waals surface area (Å²) >= 11 is 6.04. The van der Waals surface area contributed by atoms with Crippen molar-refractivity contribution in [3.8, 4) is 0 Å². The maximum atomic E-state index is 11.8. The van der Waals surface area contributed by atoms with Crippen molar-refractivity contribution in [1.82, 2.24) is 5.32 Å². The second kappa shape index (κ2) is 8.44. The van der Waals surface area contributed by atoms with Gasteiger partial charge in [-0.2, -0.15) is 0 Å². The molecule has 0 unspecified atom stereocenters. The highest BCUT2D eigenvalue weighted by atomic mass is 35.5. The summed E-state index contributed by atoms with van der Waals surface area (Å²) in [6.45, 7) is 3.42. The summed E-state index contributed by atoms with van der Waals surface area (Å²) in [6.07, 6.45) is 0.869. The zero-order valence-corrected chi connectivity index (χ0v) is 14.2. The molecule has 122 valence electrons. The smallest absolute Gasteiger partial charge is 0.319 e. The van der Waals surface area contributed by atoms with Gasteiger partial charge in [-0.05, 0) is 43.2 Å². The molecule has 2 N–H and O–H groups in total. The van der Waals surface area contributed by atoms with Crippen molar-refractivity contribution < 1.29 is 4.79 Å². The number of nitrogens with zero attached hydrogens (tertiary/aromatic N) is 1. The number of halogens is 1. The Kier molecular flexibility index (Phi) is 6.29. The lowest BCUT2D eigenvalue weighted by molar-refractivity contribution is 0.252. The molecule has 0 heterocycles. The van der Waals surface area contributed by atoms with Crippen LogP contribution in [-0.4, -0.2) is 26.2 Å². The van der Waals surface area contributed by atoms with Crippen molar-refractivity contribution >= 4 is 29.0 Å². The van der Waals surface area contributed by atoms with E-state index in [-0.39, 0.29) is 6.03 Å². The highest BCUT2D eigenvalue weighted by Crippen LogP contribution is 2.19. The molecule has 4 nitrogen and oxygen atoms in total. The minimum atomic E-state index is -0.215. The van der Waals surface area contributed by atoms with Crippen LogP contribution in [0.15, 0.2) is 48.5 Å². The third-order valence-corrected chi connectivity index (χ3v) is 3.99. The molecule has 0 aliphatic rings. The summed E-state index contributed by atoms with van der Waals surface area (Å²) < 4.78 is 0. The zero-order chi connectivity index (χ0) is 16.7. The van der Waals surface area contributed by atoms with Gasteiger partial charge in [0, 0.05) is 36.5 Å². The van der Waals surface area contributed by atoms with Crippen LogP contribution in [0.5, 0.6) is 0 Å². The van der Waals surface area contributed by atoms with Crippen LogP contribution in [0.4, 0.5) is 16.2 Å². The quantitative estimate of drug-likeness (QED) is 0.775. The lowest BCUT2D eigenvalue weighted by Crippen LogP contribution is -2.31. The summed E-state index contributed by atoms with van der Waals surface area (Å²) in [5, 5.41) is 6.28. The number of nitrogens with one attached hydrogen (secondary N) is 2. The van der Waals surface area contributed by atoms with E-state index in [9.17, 15) is 4.79 Å². The van der Waals surface area contributed by atoms with Gasteiger partial charge in [0.1, 0.15) is 0 Å². The van der Waals surface area contributed by atoms with Gasteiger partial charge >= 0.3 is 6.03 Å². The normalized spacial score (nSPS) is 10.2. The fourth-order valence-electron chi connectivity index (χ4n) is 2.18. The van der Waals surface area contributed by atoms with Crippen LogP contribution in [0.25, 0.3) is 0 Å². The first kappa shape index (κ1) is 17.2. The SMILES string of the molecule is Cc1ccc(NC(=O)NCCCN(C)c2ccccc2)cc1Cl. The number of benzene rings is 2. The molecule has 0 saturated heterocycles. The fraction of sp³-hybridized carbons (Fsp3) is 0.278. The predicted molar refractivity (Wildman–Crippen MR) is 97.5 cm³/mol. The van der Waals surface area contributed by atoms with Crippen LogP contribution in [0.2, 0.25) is 5.02 Å². The van der Waals surface area contributed by atoms with Crippen molar-refractivity contribution in [2.45, 2.75) is 13.3 Å². The molecule has 23 heavy (non-hydrogen) atoms. The van der Waals surface area contributed by atoms with Gasteiger partial charge < -0.3 is 15.5 Å². The van der Waals surface area contributed by atoms with Crippen molar-refractivity contribution in [2.24, 2.45) is 0 Å². The number of carbonyl (C=O) groups is 1. The number of para-hydroxylation sites is 1. The molecule has 5 heteroatoms. The average molecular weight is 332 g/mol. The number of anilines is 2. The summed E-state index contributed by atoms with van der Waals surface area (Å²) in [5.74, 6) is 0. The van der Waals surface area contributed by atoms with Gasteiger partial charge in [0.25, 0.3) is 0 Å². The minimum Gasteiger partial charge on any atom is -0.375 e. The Morgan fingerprint density at radius 1 is 1.17 bits per heavy atom. The van der Waals surface area contributed by atoms with Crippen LogP contribution < -0.4 is 15.5 Å². The van der Waals surface area contributed by atoms with Crippen LogP contribution in [0, 0.1) is 6.92 Å². The number of amides is 2. The summed E-state index contributed by atoms with van der Waals surface area (Å²) in [7, 11) is 2.05. The molecular formula is C18H22ClN3O. The monoisotopic (exact) mass is 331 g/mol. The van der Waals surface area contributed by atoms with Gasteiger partial charge in [-0.1, -0.05) is 35.9 Å². The highest BCUT2D eigenvalue weighted by molar-refractivity contribution is 6.31. The summed E-state index contributed by atoms with van der Waals surface area (Å²) in [4.78, 5) is 14.0. The van der Waals surface area contributed by atoms with Crippen molar-refractivity contribution in [3.63, 3.8) is 0 Å². The Hall–Kier alpha value is -2.20. The number of rotatable bonds is 6. The first-order valence-electron chi connectivity index (χ1n) is 7.63. The van der Waals surface area contributed by atoms with Gasteiger partial charge in [0.2, 0.25) is 0 Å². The third-order valence-electron chi connectivity index (χ3n) is 3.58. The second-order valence-corrected chi connectivity index (χ2v) is 5.86. The van der Waals surface area contributed by atoms with E-state index in [1.807, 2.05) is 44.3 Å². The molecule has 0 aliphatic carbocycles. The Morgan fingerprint density at radius 3 is 2.61 bits per heavy atom. The Morgan fingerprint density at radius 2 is 1.91 bits per heavy atom. The summed E-state index contributed by atoms with van der Waals surface area (Å²) in [6, 6.07) is 15.4. The van der Waals surface area contributed by atoms with Gasteiger partial charge in [-0.25, -0.2) is 4.79 Å². The second-order valence-electron chi connectivity index (χ2n) is 5.46. The molecule has 0 atom stereocenters. The molecular weight excluding hydrogens is 310 g/mol. The molecule has 0 aliphatic heterocycles. The first-order valence-corrected chi connectivity index (χ1v) is 8.01.